The number of thiazole rings is 1. The van der Waals surface area contributed by atoms with Crippen molar-refractivity contribution < 1.29 is 28.2 Å². The molecule has 0 radical (unpaired) electrons. The van der Waals surface area contributed by atoms with Crippen LogP contribution < -0.4 is 10.2 Å². The second-order valence-corrected chi connectivity index (χ2v) is 20.0. The van der Waals surface area contributed by atoms with E-state index in [1.54, 1.807) is 6.92 Å². The summed E-state index contributed by atoms with van der Waals surface area (Å²) in [7, 11) is -4.49. The van der Waals surface area contributed by atoms with Gasteiger partial charge in [-0.2, -0.15) is 15.0 Å². The summed E-state index contributed by atoms with van der Waals surface area (Å²) in [6.07, 6.45) is 1.94. The van der Waals surface area contributed by atoms with Gasteiger partial charge in [0.2, 0.25) is 5.13 Å². The lowest BCUT2D eigenvalue weighted by atomic mass is 9.90. The first-order chi connectivity index (χ1) is 30.7. The summed E-state index contributed by atoms with van der Waals surface area (Å²) in [6.45, 7) is 23.8. The maximum atomic E-state index is 13.6. The van der Waals surface area contributed by atoms with Crippen LogP contribution in [-0.4, -0.2) is 63.4 Å². The van der Waals surface area contributed by atoms with E-state index < -0.39 is 28.0 Å². The number of hydrogen-bond donors (Lipinski definition) is 2. The summed E-state index contributed by atoms with van der Waals surface area (Å²) in [6, 6.07) is 17.1. The summed E-state index contributed by atoms with van der Waals surface area (Å²) >= 11 is 1.10. The average Bonchev–Trinajstić information content (AvgIpc) is 3.82. The molecule has 342 valence electrons. The van der Waals surface area contributed by atoms with Crippen molar-refractivity contribution in [3.05, 3.63) is 98.7 Å². The number of nitriles is 1. The van der Waals surface area contributed by atoms with E-state index in [-0.39, 0.29) is 32.5 Å². The molecule has 0 spiro atoms. The number of nitrogens with zero attached hydrogens (tertiary/aromatic N) is 9. The zero-order valence-electron chi connectivity index (χ0n) is 39.0. The van der Waals surface area contributed by atoms with Gasteiger partial charge in [-0.1, -0.05) is 80.8 Å². The number of anilines is 4. The molecule has 0 aliphatic heterocycles. The number of hydrogen-bond acceptors (Lipinski definition) is 14. The smallest absolute Gasteiger partial charge is 0.321 e. The fraction of sp³-hybridized carbons (Fsp3) is 0.383. The summed E-state index contributed by atoms with van der Waals surface area (Å²) in [5, 5.41) is 38.6. The van der Waals surface area contributed by atoms with Gasteiger partial charge in [0.1, 0.15) is 29.7 Å². The van der Waals surface area contributed by atoms with Crippen molar-refractivity contribution >= 4 is 72.1 Å². The normalized spacial score (nSPS) is 12.1. The number of aliphatic carboxylic acids is 1. The molecule has 3 heterocycles. The monoisotopic (exact) mass is 920 g/mol. The van der Waals surface area contributed by atoms with Gasteiger partial charge < -0.3 is 15.3 Å². The quantitative estimate of drug-likeness (QED) is 0.0499. The highest BCUT2D eigenvalue weighted by atomic mass is 32.2. The number of azo groups is 1. The number of fused-ring (bicyclic) bond motifs is 1. The van der Waals surface area contributed by atoms with Crippen molar-refractivity contribution in [2.75, 3.05) is 29.9 Å². The Morgan fingerprint density at radius 2 is 1.57 bits per heavy atom. The fourth-order valence-electron chi connectivity index (χ4n) is 7.75. The molecule has 18 heteroatoms. The molecule has 0 unspecified atom stereocenters. The molecule has 2 N–H and O–H groups in total. The van der Waals surface area contributed by atoms with Gasteiger partial charge in [-0.25, -0.2) is 23.3 Å². The maximum Gasteiger partial charge on any atom is 0.321 e. The third-order valence-electron chi connectivity index (χ3n) is 10.5. The van der Waals surface area contributed by atoms with Crippen molar-refractivity contribution in [1.82, 2.24) is 24.2 Å². The molecule has 65 heavy (non-hydrogen) atoms. The summed E-state index contributed by atoms with van der Waals surface area (Å²) < 4.78 is 29.3. The number of aryl methyl sites for hydroxylation is 7. The number of carbonyl (C=O) groups is 1. The Kier molecular flexibility index (Phi) is 14.6. The Morgan fingerprint density at radius 3 is 2.15 bits per heavy atom. The number of benzene rings is 3. The van der Waals surface area contributed by atoms with Crippen LogP contribution >= 0.6 is 11.3 Å². The van der Waals surface area contributed by atoms with Crippen molar-refractivity contribution in [3.63, 3.8) is 0 Å². The van der Waals surface area contributed by atoms with Crippen molar-refractivity contribution in [3.8, 4) is 11.2 Å². The molecule has 0 aliphatic rings. The Labute approximate surface area is 384 Å². The lowest BCUT2D eigenvalue weighted by Gasteiger charge is -2.29. The van der Waals surface area contributed by atoms with Gasteiger partial charge in [-0.05, 0) is 118 Å². The fourth-order valence-corrected chi connectivity index (χ4v) is 9.92. The molecule has 0 aliphatic carbocycles. The third kappa shape index (κ3) is 10.4. The standard InChI is InChI=1S/C47H56N10O6S2/c1-13-15-18-55(42-32(8)21-28(4)22-33(42)9)38-23-31(7)41(44(50-38)51-40-29(5)19-27(3)20-30(40)6)52-53-45-35(25-48)43(47(10,11)12)54-57(45)46-49-36-17-16-34(24-37(36)64-46)65(60,61)56(26-39(58)59)63-62-14-2/h16-17,19-24H,13-15,18,26H2,1-12H3,(H,50,51)(H,58,59). The largest absolute Gasteiger partial charge is 0.480 e. The first kappa shape index (κ1) is 48.4. The SMILES string of the molecule is CCCCN(c1cc(C)c(N=Nc2c(C#N)c(C(C)(C)C)nn2-c2nc3ccc(S(=O)(=O)N(CC(=O)O)OOCC)cc3s2)c(Nc2c(C)cc(C)cc2C)n1)c1c(C)cc(C)cc1C. The number of nitrogens with one attached hydrogen (secondary N) is 1. The minimum absolute atomic E-state index is 0.0237. The second kappa shape index (κ2) is 19.6. The molecule has 3 aromatic carbocycles. The first-order valence-corrected chi connectivity index (χ1v) is 23.6. The van der Waals surface area contributed by atoms with Crippen molar-refractivity contribution in [2.24, 2.45) is 10.2 Å². The van der Waals surface area contributed by atoms with E-state index in [0.29, 0.717) is 27.4 Å². The Bertz CT molecular complexity index is 2920. The van der Waals surface area contributed by atoms with E-state index in [0.717, 1.165) is 81.3 Å². The second-order valence-electron chi connectivity index (χ2n) is 17.1. The molecule has 0 saturated heterocycles. The predicted octanol–water partition coefficient (Wildman–Crippen LogP) is 11.3. The molecule has 0 fully saturated rings. The zero-order chi connectivity index (χ0) is 47.5. The van der Waals surface area contributed by atoms with Gasteiger partial charge in [-0.3, -0.25) is 4.79 Å². The van der Waals surface area contributed by atoms with Gasteiger partial charge in [0, 0.05) is 23.3 Å². The molecule has 3 aromatic heterocycles. The van der Waals surface area contributed by atoms with Crippen LogP contribution in [0.15, 0.2) is 63.7 Å². The van der Waals surface area contributed by atoms with Crippen LogP contribution in [0.5, 0.6) is 0 Å². The number of aromatic nitrogens is 4. The van der Waals surface area contributed by atoms with E-state index in [1.165, 1.54) is 28.4 Å². The predicted molar refractivity (Wildman–Crippen MR) is 254 cm³/mol. The first-order valence-electron chi connectivity index (χ1n) is 21.3. The lowest BCUT2D eigenvalue weighted by molar-refractivity contribution is -0.389. The van der Waals surface area contributed by atoms with Gasteiger partial charge in [0.05, 0.1) is 27.4 Å². The van der Waals surface area contributed by atoms with Crippen LogP contribution in [0.3, 0.4) is 0 Å². The van der Waals surface area contributed by atoms with E-state index in [2.05, 4.69) is 89.0 Å². The maximum absolute atomic E-state index is 13.6. The van der Waals surface area contributed by atoms with Crippen LogP contribution in [0.25, 0.3) is 15.3 Å². The highest BCUT2D eigenvalue weighted by molar-refractivity contribution is 7.89. The molecule has 0 atom stereocenters. The topological polar surface area (TPSA) is 201 Å². The minimum atomic E-state index is -4.49. The summed E-state index contributed by atoms with van der Waals surface area (Å²) in [5.74, 6) is -0.0969. The van der Waals surface area contributed by atoms with E-state index in [1.807, 2.05) is 33.8 Å². The average molecular weight is 921 g/mol. The Morgan fingerprint density at radius 1 is 0.923 bits per heavy atom. The van der Waals surface area contributed by atoms with Gasteiger partial charge in [0.15, 0.2) is 11.6 Å². The third-order valence-corrected chi connectivity index (χ3v) is 13.1. The van der Waals surface area contributed by atoms with Gasteiger partial charge >= 0.3 is 5.97 Å². The molecular formula is C47H56N10O6S2. The molecular weight excluding hydrogens is 865 g/mol. The van der Waals surface area contributed by atoms with Crippen molar-refractivity contribution in [1.29, 1.82) is 5.26 Å². The van der Waals surface area contributed by atoms with Crippen LogP contribution in [-0.2, 0) is 30.1 Å². The molecule has 0 saturated carbocycles. The number of carboxylic acid groups (broad SMARTS) is 1. The van der Waals surface area contributed by atoms with Crippen LogP contribution in [0, 0.1) is 59.8 Å². The minimum Gasteiger partial charge on any atom is -0.480 e. The van der Waals surface area contributed by atoms with Gasteiger partial charge in [-0.15, -0.1) is 15.2 Å². The number of unbranched alkanes of at least 4 members (excludes halogenated alkanes) is 1. The molecule has 16 nitrogen and oxygen atoms in total. The van der Waals surface area contributed by atoms with Crippen LogP contribution in [0.4, 0.5) is 34.5 Å². The molecule has 6 rings (SSSR count). The number of hydroxylamine groups is 1. The summed E-state index contributed by atoms with van der Waals surface area (Å²) in [5.41, 5.74) is 10.4. The number of carboxylic acids is 1. The van der Waals surface area contributed by atoms with Crippen molar-refractivity contribution in [2.45, 2.75) is 106 Å². The Balaban J connectivity index is 1.53. The Hall–Kier alpha value is -6.10. The van der Waals surface area contributed by atoms with Crippen LogP contribution in [0.1, 0.15) is 97.7 Å². The highest BCUT2D eigenvalue weighted by Gasteiger charge is 2.32. The number of pyridine rings is 1. The number of rotatable bonds is 17. The van der Waals surface area contributed by atoms with E-state index in [9.17, 15) is 23.6 Å². The summed E-state index contributed by atoms with van der Waals surface area (Å²) in [4.78, 5) is 33.3. The number of sulfonamides is 1. The van der Waals surface area contributed by atoms with Crippen LogP contribution in [0.2, 0.25) is 0 Å². The molecule has 6 aromatic rings. The van der Waals surface area contributed by atoms with E-state index in [4.69, 9.17) is 35.2 Å². The van der Waals surface area contributed by atoms with Gasteiger partial charge in [0.25, 0.3) is 10.0 Å². The van der Waals surface area contributed by atoms with E-state index >= 15 is 0 Å². The molecule has 0 amide bonds. The molecule has 0 bridgehead atoms. The zero-order valence-corrected chi connectivity index (χ0v) is 40.6. The highest BCUT2D eigenvalue weighted by Crippen LogP contribution is 2.42. The lowest BCUT2D eigenvalue weighted by Crippen LogP contribution is -2.35.